The molecule has 7 atom stereocenters. The highest BCUT2D eigenvalue weighted by Crippen LogP contribution is 2.43. The summed E-state index contributed by atoms with van der Waals surface area (Å²) < 4.78 is 33.0. The number of hydrogen-bond acceptors (Lipinski definition) is 17. The fourth-order valence-corrected chi connectivity index (χ4v) is 19.8. The van der Waals surface area contributed by atoms with Gasteiger partial charge in [0.15, 0.2) is 5.78 Å². The molecular formula is C101H106Br4N8O15. The number of imide groups is 4. The second-order valence-corrected chi connectivity index (χ2v) is 38.7. The summed E-state index contributed by atoms with van der Waals surface area (Å²) in [6.07, 6.45) is 22.6. The van der Waals surface area contributed by atoms with Crippen molar-refractivity contribution in [1.29, 1.82) is 0 Å². The van der Waals surface area contributed by atoms with Gasteiger partial charge in [-0.2, -0.15) is 0 Å². The Morgan fingerprint density at radius 1 is 0.422 bits per heavy atom. The summed E-state index contributed by atoms with van der Waals surface area (Å²) in [5, 5.41) is 4.70. The van der Waals surface area contributed by atoms with Gasteiger partial charge in [0.2, 0.25) is 0 Å². The van der Waals surface area contributed by atoms with Gasteiger partial charge in [-0.3, -0.25) is 68.0 Å². The largest absolute Gasteiger partial charge is 0.519 e. The van der Waals surface area contributed by atoms with Crippen LogP contribution >= 0.6 is 63.7 Å². The molecule has 2 aromatic heterocycles. The number of amides is 8. The van der Waals surface area contributed by atoms with Gasteiger partial charge < -0.3 is 34.0 Å². The number of benzene rings is 8. The second-order valence-electron chi connectivity index (χ2n) is 35.1. The number of fused-ring (bicyclic) bond motifs is 8. The minimum absolute atomic E-state index is 0. The van der Waals surface area contributed by atoms with E-state index >= 15 is 0 Å². The molecule has 8 aromatic carbocycles. The lowest BCUT2D eigenvalue weighted by molar-refractivity contribution is -0.117. The minimum atomic E-state index is -1.06. The number of nitrogens with zero attached hydrogens (tertiary/aromatic N) is 6. The second kappa shape index (κ2) is 41.1. The summed E-state index contributed by atoms with van der Waals surface area (Å²) in [6.45, 7) is 11.0. The third-order valence-electron chi connectivity index (χ3n) is 24.1. The van der Waals surface area contributed by atoms with Crippen molar-refractivity contribution in [2.45, 2.75) is 218 Å². The molecule has 3 N–H and O–H groups in total. The molecule has 8 amide bonds. The Balaban J connectivity index is 0.000000138. The number of ether oxygens (including phenoxy) is 3. The molecule has 4 saturated carbocycles. The Labute approximate surface area is 781 Å². The fourth-order valence-electron chi connectivity index (χ4n) is 18.2. The van der Waals surface area contributed by atoms with Gasteiger partial charge in [0.1, 0.15) is 17.0 Å². The van der Waals surface area contributed by atoms with Crippen molar-refractivity contribution in [2.24, 2.45) is 5.73 Å². The zero-order valence-corrected chi connectivity index (χ0v) is 77.8. The van der Waals surface area contributed by atoms with E-state index in [0.29, 0.717) is 87.9 Å². The number of halogens is 4. The number of carbonyl (C=O) groups excluding carboxylic acids is 12. The standard InChI is InChI=1S/C21H19BrN2O2.C21H17BrN2O2.C13H15BrN2.C13H11NO3.C10H18O5.C9H9Br.C8H5NO2.C5H6O.CH4.H2/c2*22-14-5-8-19-13(11-14)9-10-23(19)15-6-7-16(12-15)24-20(25)17-3-1-2-4-18(17)21(24)26;14-10-1-4-13-9(7-10)5-6-16(13)12-3-2-11(15)8-12;15-9-6-5-8(7-9)14-12(16)10-3-1-2-4-11(10)13(14)17;1-9(2,3)14-7(11)13-8(12)15-10(4,5)6;10-9-5-4-7-2-1-3-8(7)6-9;10-7-5-3-1-2-4-6(5)8(11)9-7;6-5-3-1-2-4-5;;/h1-5,8,11,15-16H,6-7,9-10,12H2;1-5,8-11,15-16H,6-7,12H2;1,4-7,11-12H,2-3,8,15H2;1-4,8H,5-7H2;1-6H3;4-6H,1-3H2;1-4H,(H,9,10,11);1,3H,2,4H2;1H4;1H/t2*15?,16-;11-,12?;;;;;;;/m000......./s1/i;;;;;;;;;1+1D. The van der Waals surface area contributed by atoms with Gasteiger partial charge in [-0.15, -0.1) is 0 Å². The Kier molecular flexibility index (Phi) is 29.9. The Bertz CT molecular complexity index is 5850. The molecule has 0 bridgehead atoms. The average Bonchev–Trinajstić information content (AvgIpc) is 1.61. The molecular weight excluding hydrogens is 1880 g/mol. The molecule has 21 rings (SSSR count). The molecule has 0 spiro atoms. The number of carbonyl (C=O) groups is 12. The normalized spacial score (nSPS) is 20.6. The van der Waals surface area contributed by atoms with Crippen LogP contribution in [0.15, 0.2) is 224 Å². The summed E-state index contributed by atoms with van der Waals surface area (Å²) in [7, 11) is 0. The highest BCUT2D eigenvalue weighted by atomic mass is 79.9. The lowest BCUT2D eigenvalue weighted by Gasteiger charge is -2.28. The van der Waals surface area contributed by atoms with Crippen molar-refractivity contribution in [2.75, 3.05) is 11.4 Å². The van der Waals surface area contributed by atoms with E-state index in [9.17, 15) is 57.5 Å². The van der Waals surface area contributed by atoms with Crippen LogP contribution in [0, 0.1) is 0 Å². The summed E-state index contributed by atoms with van der Waals surface area (Å²) in [5.41, 5.74) is 16.9. The third kappa shape index (κ3) is 22.2. The smallest absolute Gasteiger partial charge is 0.428 e. The van der Waals surface area contributed by atoms with Crippen molar-refractivity contribution in [3.8, 4) is 0 Å². The number of aromatic nitrogens is 2. The SMILES string of the molecule is Brc1ccc2c(c1)CCC2.C.CC(C)(C)OC(=O)OC(=O)OC(C)(C)C.N[C@H]1CCC(n2ccc3cc(Br)ccc32)C1.O=C1C=CCC1.O=C1CCC(N2C(=O)c3ccccc3C2=O)C1.O=C1NC(=O)c2ccccc21.O=C1c2ccccc2C(=O)N1[C@H]1CCC(N2CCc3cc(Br)ccc32)C1.O=C1c2ccccc2C(=O)N1[C@H]1CCC(n2ccc3cc(Br)ccc32)C1.[2H][2H]. The maximum Gasteiger partial charge on any atom is 0.519 e. The molecule has 0 radical (unpaired) electrons. The van der Waals surface area contributed by atoms with Crippen LogP contribution < -0.4 is 16.0 Å². The third-order valence-corrected chi connectivity index (χ3v) is 26.0. The van der Waals surface area contributed by atoms with E-state index in [2.05, 4.69) is 185 Å². The predicted molar refractivity (Wildman–Crippen MR) is 507 cm³/mol. The fraction of sp³-hybridized carbons (Fsp3) is 0.347. The summed E-state index contributed by atoms with van der Waals surface area (Å²) in [6, 6.07) is 59.4. The van der Waals surface area contributed by atoms with Crippen LogP contribution in [0.5, 0.6) is 0 Å². The number of aryl methyl sites for hydroxylation is 2. The maximum absolute atomic E-state index is 12.7. The molecule has 10 aromatic rings. The number of hydrogen-bond donors (Lipinski definition) is 2. The predicted octanol–water partition coefficient (Wildman–Crippen LogP) is 21.9. The van der Waals surface area contributed by atoms with Gasteiger partial charge >= 0.3 is 12.3 Å². The lowest BCUT2D eigenvalue weighted by Crippen LogP contribution is -2.40. The molecule has 7 heterocycles. The first-order valence-corrected chi connectivity index (χ1v) is 46.2. The Hall–Kier alpha value is -11.1. The van der Waals surface area contributed by atoms with E-state index in [0.717, 1.165) is 90.6 Å². The summed E-state index contributed by atoms with van der Waals surface area (Å²) in [4.78, 5) is 147. The van der Waals surface area contributed by atoms with E-state index in [1.165, 1.54) is 83.5 Å². The monoisotopic (exact) mass is 1990 g/mol. The van der Waals surface area contributed by atoms with Crippen molar-refractivity contribution >= 4 is 162 Å². The summed E-state index contributed by atoms with van der Waals surface area (Å²) in [5.74, 6) is -1.24. The molecule has 4 unspecified atom stereocenters. The van der Waals surface area contributed by atoms with Crippen molar-refractivity contribution in [1.82, 2.24) is 29.2 Å². The highest BCUT2D eigenvalue weighted by molar-refractivity contribution is 9.11. The van der Waals surface area contributed by atoms with Crippen LogP contribution in [0.25, 0.3) is 21.8 Å². The number of anilines is 1. The van der Waals surface area contributed by atoms with Crippen LogP contribution in [-0.4, -0.2) is 143 Å². The number of nitrogens with one attached hydrogen (secondary N) is 1. The van der Waals surface area contributed by atoms with Gasteiger partial charge in [-0.25, -0.2) is 9.59 Å². The molecule has 27 heteroatoms. The zero-order chi connectivity index (χ0) is 92.3. The number of Topliss-reactive ketones (excluding diaryl/α,β-unsaturated/α-hetero) is 1. The van der Waals surface area contributed by atoms with E-state index in [1.54, 1.807) is 126 Å². The average molecular weight is 1990 g/mol. The molecule has 4 fully saturated rings. The quantitative estimate of drug-likeness (QED) is 0.0888. The van der Waals surface area contributed by atoms with E-state index < -0.39 is 23.5 Å². The van der Waals surface area contributed by atoms with E-state index in [1.807, 2.05) is 30.3 Å². The molecule has 11 aliphatic rings. The molecule has 128 heavy (non-hydrogen) atoms. The van der Waals surface area contributed by atoms with Crippen LogP contribution in [0.4, 0.5) is 15.3 Å². The van der Waals surface area contributed by atoms with E-state index in [4.69, 9.17) is 18.2 Å². The topological polar surface area (TPSA) is 293 Å². The van der Waals surface area contributed by atoms with Crippen LogP contribution in [0.2, 0.25) is 0 Å². The number of allylic oxidation sites excluding steroid dienone is 2. The maximum atomic E-state index is 12.7. The number of rotatable bonds is 6. The minimum Gasteiger partial charge on any atom is -0.428 e. The van der Waals surface area contributed by atoms with E-state index in [-0.39, 0.29) is 84.4 Å². The van der Waals surface area contributed by atoms with Gasteiger partial charge in [0.25, 0.3) is 47.3 Å². The summed E-state index contributed by atoms with van der Waals surface area (Å²) >= 11 is 14.0. The Morgan fingerprint density at radius 2 is 0.820 bits per heavy atom. The molecule has 5 aliphatic heterocycles. The highest BCUT2D eigenvalue weighted by Gasteiger charge is 2.47. The van der Waals surface area contributed by atoms with Gasteiger partial charge in [0, 0.05) is 129 Å². The molecule has 0 saturated heterocycles. The lowest BCUT2D eigenvalue weighted by atomic mass is 10.1. The zero-order valence-electron chi connectivity index (χ0n) is 73.5. The van der Waals surface area contributed by atoms with Crippen LogP contribution in [0.1, 0.15) is 260 Å². The first-order chi connectivity index (χ1) is 61.7. The van der Waals surface area contributed by atoms with Crippen LogP contribution in [0.3, 0.4) is 0 Å². The van der Waals surface area contributed by atoms with Crippen molar-refractivity contribution in [3.05, 3.63) is 286 Å². The van der Waals surface area contributed by atoms with Gasteiger partial charge in [-0.05, 0) is 288 Å². The number of ketones is 2. The van der Waals surface area contributed by atoms with Gasteiger partial charge in [-0.1, -0.05) is 132 Å². The van der Waals surface area contributed by atoms with Gasteiger partial charge in [0.05, 0.1) is 44.5 Å². The molecule has 23 nitrogen and oxygen atoms in total. The first kappa shape index (κ1) is 93.1. The molecule has 668 valence electrons. The van der Waals surface area contributed by atoms with Crippen molar-refractivity contribution in [3.63, 3.8) is 0 Å². The van der Waals surface area contributed by atoms with Crippen molar-refractivity contribution < 1.29 is 74.7 Å². The Morgan fingerprint density at radius 3 is 1.24 bits per heavy atom. The number of nitrogens with two attached hydrogens (primary N) is 1. The van der Waals surface area contributed by atoms with Crippen LogP contribution in [-0.2, 0) is 43.1 Å². The molecule has 6 aliphatic carbocycles. The first-order valence-electron chi connectivity index (χ1n) is 44.0.